The van der Waals surface area contributed by atoms with Crippen LogP contribution in [0.25, 0.3) is 10.4 Å². The summed E-state index contributed by atoms with van der Waals surface area (Å²) in [5, 5.41) is 11.9. The molecule has 4 nitrogen and oxygen atoms in total. The Morgan fingerprint density at radius 2 is 2.50 bits per heavy atom. The number of azide groups is 1. The highest BCUT2D eigenvalue weighted by atomic mass is 16.3. The molecular formula is C4H9N3O. The van der Waals surface area contributed by atoms with Gasteiger partial charge in [0.1, 0.15) is 0 Å². The molecule has 0 rings (SSSR count). The summed E-state index contributed by atoms with van der Waals surface area (Å²) in [6.45, 7) is 2.02. The molecule has 0 unspecified atom stereocenters. The summed E-state index contributed by atoms with van der Waals surface area (Å²) in [5.74, 6) is 0. The van der Waals surface area contributed by atoms with E-state index < -0.39 is 6.10 Å². The Morgan fingerprint density at radius 1 is 1.88 bits per heavy atom. The maximum absolute atomic E-state index is 8.72. The van der Waals surface area contributed by atoms with Crippen LogP contribution in [0.15, 0.2) is 5.11 Å². The summed E-state index contributed by atoms with van der Waals surface area (Å²) in [5.41, 5.74) is 7.76. The first-order valence-electron chi connectivity index (χ1n) is 2.50. The Bertz CT molecular complexity index is 97.5. The molecule has 1 atom stereocenters. The lowest BCUT2D eigenvalue weighted by molar-refractivity contribution is 0.179. The Morgan fingerprint density at radius 3 is 2.88 bits per heavy atom. The van der Waals surface area contributed by atoms with Crippen LogP contribution < -0.4 is 0 Å². The van der Waals surface area contributed by atoms with Crippen LogP contribution in [-0.4, -0.2) is 17.8 Å². The van der Waals surface area contributed by atoms with Gasteiger partial charge in [-0.05, 0) is 12.0 Å². The minimum Gasteiger partial charge on any atom is -0.393 e. The Balaban J connectivity index is 3.23. The average Bonchev–Trinajstić information content (AvgIpc) is 1.83. The van der Waals surface area contributed by atoms with Gasteiger partial charge >= 0.3 is 0 Å². The first-order chi connectivity index (χ1) is 3.81. The third-order valence-electron chi connectivity index (χ3n) is 0.827. The van der Waals surface area contributed by atoms with E-state index in [1.807, 2.05) is 6.92 Å². The molecule has 0 aliphatic heterocycles. The Hall–Kier alpha value is -0.730. The molecule has 0 spiro atoms. The quantitative estimate of drug-likeness (QED) is 0.333. The van der Waals surface area contributed by atoms with E-state index in [1.165, 1.54) is 0 Å². The van der Waals surface area contributed by atoms with Gasteiger partial charge < -0.3 is 5.11 Å². The average molecular weight is 115 g/mol. The molecule has 0 saturated heterocycles. The van der Waals surface area contributed by atoms with E-state index in [9.17, 15) is 0 Å². The van der Waals surface area contributed by atoms with Crippen molar-refractivity contribution < 1.29 is 5.11 Å². The number of aliphatic hydroxyl groups excluding tert-OH is 1. The lowest BCUT2D eigenvalue weighted by Crippen LogP contribution is -2.07. The van der Waals surface area contributed by atoms with Crippen LogP contribution in [0, 0.1) is 0 Å². The number of hydrogen-bond acceptors (Lipinski definition) is 2. The van der Waals surface area contributed by atoms with E-state index in [4.69, 9.17) is 10.6 Å². The zero-order chi connectivity index (χ0) is 6.41. The van der Waals surface area contributed by atoms with Gasteiger partial charge in [0.15, 0.2) is 0 Å². The minimum atomic E-state index is -0.467. The molecular weight excluding hydrogens is 106 g/mol. The zero-order valence-corrected chi connectivity index (χ0v) is 4.78. The summed E-state index contributed by atoms with van der Waals surface area (Å²) in [4.78, 5) is 2.49. The van der Waals surface area contributed by atoms with Crippen molar-refractivity contribution in [3.8, 4) is 0 Å². The van der Waals surface area contributed by atoms with Gasteiger partial charge in [0.2, 0.25) is 0 Å². The van der Waals surface area contributed by atoms with Gasteiger partial charge in [-0.2, -0.15) is 0 Å². The fraction of sp³-hybridized carbons (Fsp3) is 1.00. The smallest absolute Gasteiger partial charge is 0.0593 e. The number of nitrogens with zero attached hydrogens (tertiary/aromatic N) is 3. The molecule has 8 heavy (non-hydrogen) atoms. The topological polar surface area (TPSA) is 69.0 Å². The predicted molar refractivity (Wildman–Crippen MR) is 30.3 cm³/mol. The van der Waals surface area contributed by atoms with Gasteiger partial charge in [-0.3, -0.25) is 0 Å². The van der Waals surface area contributed by atoms with Gasteiger partial charge in [-0.15, -0.1) is 0 Å². The third kappa shape index (κ3) is 3.46. The van der Waals surface area contributed by atoms with Crippen molar-refractivity contribution in [3.05, 3.63) is 10.4 Å². The van der Waals surface area contributed by atoms with E-state index in [1.54, 1.807) is 0 Å². The summed E-state index contributed by atoms with van der Waals surface area (Å²) in [6, 6.07) is 0. The van der Waals surface area contributed by atoms with Crippen LogP contribution in [0.1, 0.15) is 13.3 Å². The first kappa shape index (κ1) is 7.27. The second kappa shape index (κ2) is 4.43. The normalized spacial score (nSPS) is 12.2. The van der Waals surface area contributed by atoms with Crippen LogP contribution in [0.5, 0.6) is 0 Å². The molecule has 1 N–H and O–H groups in total. The third-order valence-corrected chi connectivity index (χ3v) is 0.827. The van der Waals surface area contributed by atoms with Crippen molar-refractivity contribution >= 4 is 0 Å². The molecule has 0 aromatic carbocycles. The molecule has 0 aliphatic carbocycles. The molecule has 0 amide bonds. The summed E-state index contributed by atoms with van der Waals surface area (Å²) in [6.07, 6.45) is 0.171. The van der Waals surface area contributed by atoms with Crippen LogP contribution in [0.2, 0.25) is 0 Å². The molecule has 46 valence electrons. The molecule has 0 fully saturated rings. The summed E-state index contributed by atoms with van der Waals surface area (Å²) >= 11 is 0. The van der Waals surface area contributed by atoms with E-state index in [0.29, 0.717) is 6.42 Å². The fourth-order valence-electron chi connectivity index (χ4n) is 0.260. The lowest BCUT2D eigenvalue weighted by Gasteiger charge is -1.98. The molecule has 0 radical (unpaired) electrons. The van der Waals surface area contributed by atoms with Gasteiger partial charge in [0.25, 0.3) is 0 Å². The van der Waals surface area contributed by atoms with Crippen molar-refractivity contribution in [3.63, 3.8) is 0 Å². The van der Waals surface area contributed by atoms with Gasteiger partial charge in [0.05, 0.1) is 12.6 Å². The van der Waals surface area contributed by atoms with Crippen molar-refractivity contribution in [2.75, 3.05) is 6.54 Å². The SMILES string of the molecule is CC[C@@H](O)CN=[N+]=[N-]. The van der Waals surface area contributed by atoms with E-state index in [-0.39, 0.29) is 6.54 Å². The monoisotopic (exact) mass is 115 g/mol. The highest BCUT2D eigenvalue weighted by Crippen LogP contribution is 1.88. The van der Waals surface area contributed by atoms with Crippen LogP contribution >= 0.6 is 0 Å². The molecule has 4 heteroatoms. The van der Waals surface area contributed by atoms with Crippen molar-refractivity contribution in [1.82, 2.24) is 0 Å². The van der Waals surface area contributed by atoms with Crippen molar-refractivity contribution in [1.29, 1.82) is 0 Å². The Kier molecular flexibility index (Phi) is 4.03. The van der Waals surface area contributed by atoms with Crippen LogP contribution in [0.3, 0.4) is 0 Å². The van der Waals surface area contributed by atoms with Gasteiger partial charge in [-0.1, -0.05) is 12.0 Å². The molecule has 0 saturated carbocycles. The number of hydrogen-bond donors (Lipinski definition) is 1. The van der Waals surface area contributed by atoms with Crippen LogP contribution in [0.4, 0.5) is 0 Å². The standard InChI is InChI=1S/C4H9N3O/c1-2-4(8)3-6-7-5/h4,8H,2-3H2,1H3/t4-/m1/s1. The minimum absolute atomic E-state index is 0.188. The molecule has 0 aromatic heterocycles. The predicted octanol–water partition coefficient (Wildman–Crippen LogP) is 1.07. The summed E-state index contributed by atoms with van der Waals surface area (Å²) in [7, 11) is 0. The van der Waals surface area contributed by atoms with E-state index in [2.05, 4.69) is 10.0 Å². The van der Waals surface area contributed by atoms with Gasteiger partial charge in [-0.25, -0.2) is 0 Å². The molecule has 0 aliphatic rings. The number of aliphatic hydroxyl groups is 1. The first-order valence-corrected chi connectivity index (χ1v) is 2.50. The second-order valence-electron chi connectivity index (χ2n) is 1.48. The van der Waals surface area contributed by atoms with Crippen LogP contribution in [-0.2, 0) is 0 Å². The Labute approximate surface area is 47.8 Å². The largest absolute Gasteiger partial charge is 0.393 e. The maximum Gasteiger partial charge on any atom is 0.0593 e. The summed E-state index contributed by atoms with van der Waals surface area (Å²) < 4.78 is 0. The van der Waals surface area contributed by atoms with E-state index in [0.717, 1.165) is 0 Å². The molecule has 0 bridgehead atoms. The second-order valence-corrected chi connectivity index (χ2v) is 1.48. The highest BCUT2D eigenvalue weighted by molar-refractivity contribution is 4.55. The number of rotatable bonds is 3. The van der Waals surface area contributed by atoms with Crippen molar-refractivity contribution in [2.45, 2.75) is 19.4 Å². The zero-order valence-electron chi connectivity index (χ0n) is 4.78. The van der Waals surface area contributed by atoms with Gasteiger partial charge in [0, 0.05) is 4.91 Å². The van der Waals surface area contributed by atoms with Crippen molar-refractivity contribution in [2.24, 2.45) is 5.11 Å². The highest BCUT2D eigenvalue weighted by Gasteiger charge is 1.94. The molecule has 0 aromatic rings. The van der Waals surface area contributed by atoms with E-state index >= 15 is 0 Å². The molecule has 0 heterocycles. The maximum atomic E-state index is 8.72. The fourth-order valence-corrected chi connectivity index (χ4v) is 0.260. The lowest BCUT2D eigenvalue weighted by atomic mass is 10.3.